The van der Waals surface area contributed by atoms with Gasteiger partial charge in [0.2, 0.25) is 5.88 Å². The Bertz CT molecular complexity index is 785. The molecule has 0 aromatic carbocycles. The normalized spacial score (nSPS) is 23.3. The molecule has 4 heterocycles. The lowest BCUT2D eigenvalue weighted by Crippen LogP contribution is -2.50. The Balaban J connectivity index is 1.38. The van der Waals surface area contributed by atoms with E-state index in [9.17, 15) is 13.2 Å². The molecule has 2 aromatic rings. The molecule has 9 heteroatoms. The molecule has 2 atom stereocenters. The smallest absolute Gasteiger partial charge is 0.417 e. The molecule has 0 unspecified atom stereocenters. The SMILES string of the molecule is FC(F)(F)c1ccc(N2CCN3C[C@H](Oc4ccc(Cl)cn4)C[C@H]3C2)nc1. The van der Waals surface area contributed by atoms with Gasteiger partial charge in [0, 0.05) is 57.1 Å². The van der Waals surface area contributed by atoms with Gasteiger partial charge in [-0.2, -0.15) is 13.2 Å². The molecule has 144 valence electrons. The van der Waals surface area contributed by atoms with Crippen LogP contribution in [-0.4, -0.2) is 53.2 Å². The molecule has 2 aliphatic heterocycles. The maximum absolute atomic E-state index is 12.7. The quantitative estimate of drug-likeness (QED) is 0.791. The summed E-state index contributed by atoms with van der Waals surface area (Å²) in [5.74, 6) is 1.12. The number of halogens is 4. The zero-order valence-corrected chi connectivity index (χ0v) is 15.1. The molecular weight excluding hydrogens is 381 g/mol. The highest BCUT2D eigenvalue weighted by Gasteiger charge is 2.38. The minimum Gasteiger partial charge on any atom is -0.473 e. The highest BCUT2D eigenvalue weighted by Crippen LogP contribution is 2.31. The maximum atomic E-state index is 12.7. The monoisotopic (exact) mass is 398 g/mol. The van der Waals surface area contributed by atoms with Gasteiger partial charge >= 0.3 is 6.18 Å². The highest BCUT2D eigenvalue weighted by molar-refractivity contribution is 6.30. The van der Waals surface area contributed by atoms with Crippen molar-refractivity contribution >= 4 is 17.4 Å². The number of hydrogen-bond acceptors (Lipinski definition) is 5. The fraction of sp³-hybridized carbons (Fsp3) is 0.444. The minimum absolute atomic E-state index is 0.0317. The van der Waals surface area contributed by atoms with Crippen LogP contribution in [0.2, 0.25) is 5.02 Å². The van der Waals surface area contributed by atoms with Gasteiger partial charge in [0.15, 0.2) is 0 Å². The summed E-state index contributed by atoms with van der Waals surface area (Å²) in [6, 6.07) is 6.29. The predicted octanol–water partition coefficient (Wildman–Crippen LogP) is 3.49. The molecule has 0 N–H and O–H groups in total. The van der Waals surface area contributed by atoms with Gasteiger partial charge in [-0.15, -0.1) is 0 Å². The number of ether oxygens (including phenoxy) is 1. The second kappa shape index (κ2) is 7.16. The summed E-state index contributed by atoms with van der Waals surface area (Å²) in [6.07, 6.45) is -1.05. The third-order valence-electron chi connectivity index (χ3n) is 4.96. The highest BCUT2D eigenvalue weighted by atomic mass is 35.5. The summed E-state index contributed by atoms with van der Waals surface area (Å²) in [4.78, 5) is 12.6. The van der Waals surface area contributed by atoms with E-state index >= 15 is 0 Å². The number of nitrogens with zero attached hydrogens (tertiary/aromatic N) is 4. The topological polar surface area (TPSA) is 41.5 Å². The number of pyridine rings is 2. The lowest BCUT2D eigenvalue weighted by atomic mass is 10.1. The Morgan fingerprint density at radius 3 is 2.56 bits per heavy atom. The van der Waals surface area contributed by atoms with Gasteiger partial charge in [0.25, 0.3) is 0 Å². The van der Waals surface area contributed by atoms with Crippen LogP contribution in [0.1, 0.15) is 12.0 Å². The van der Waals surface area contributed by atoms with Crippen molar-refractivity contribution in [2.75, 3.05) is 31.1 Å². The lowest BCUT2D eigenvalue weighted by Gasteiger charge is -2.37. The first-order valence-electron chi connectivity index (χ1n) is 8.69. The Kier molecular flexibility index (Phi) is 4.86. The number of piperazine rings is 1. The fourth-order valence-electron chi connectivity index (χ4n) is 3.63. The molecule has 0 amide bonds. The van der Waals surface area contributed by atoms with Crippen LogP contribution in [0, 0.1) is 0 Å². The molecule has 2 aromatic heterocycles. The largest absolute Gasteiger partial charge is 0.473 e. The van der Waals surface area contributed by atoms with Crippen molar-refractivity contribution in [3.05, 3.63) is 47.2 Å². The van der Waals surface area contributed by atoms with Gasteiger partial charge in [0.1, 0.15) is 11.9 Å². The minimum atomic E-state index is -4.37. The van der Waals surface area contributed by atoms with Crippen LogP contribution in [-0.2, 0) is 6.18 Å². The maximum Gasteiger partial charge on any atom is 0.417 e. The fourth-order valence-corrected chi connectivity index (χ4v) is 3.75. The second-order valence-corrected chi connectivity index (χ2v) is 7.22. The van der Waals surface area contributed by atoms with Gasteiger partial charge in [-0.3, -0.25) is 4.90 Å². The van der Waals surface area contributed by atoms with Crippen molar-refractivity contribution in [2.45, 2.75) is 24.7 Å². The van der Waals surface area contributed by atoms with Crippen LogP contribution in [0.3, 0.4) is 0 Å². The third-order valence-corrected chi connectivity index (χ3v) is 5.19. The first-order valence-corrected chi connectivity index (χ1v) is 9.07. The van der Waals surface area contributed by atoms with Gasteiger partial charge in [-0.05, 0) is 18.2 Å². The molecule has 0 spiro atoms. The van der Waals surface area contributed by atoms with Crippen molar-refractivity contribution in [1.82, 2.24) is 14.9 Å². The average Bonchev–Trinajstić information content (AvgIpc) is 3.04. The molecule has 0 radical (unpaired) electrons. The molecule has 0 aliphatic carbocycles. The molecule has 2 aliphatic rings. The van der Waals surface area contributed by atoms with E-state index in [0.717, 1.165) is 38.3 Å². The Labute approximate surface area is 159 Å². The summed E-state index contributed by atoms with van der Waals surface area (Å²) in [5, 5.41) is 0.561. The van der Waals surface area contributed by atoms with Crippen molar-refractivity contribution in [3.63, 3.8) is 0 Å². The van der Waals surface area contributed by atoms with Gasteiger partial charge < -0.3 is 9.64 Å². The molecule has 5 nitrogen and oxygen atoms in total. The summed E-state index contributed by atoms with van der Waals surface area (Å²) >= 11 is 5.84. The number of alkyl halides is 3. The molecule has 2 saturated heterocycles. The molecule has 27 heavy (non-hydrogen) atoms. The number of hydrogen-bond donors (Lipinski definition) is 0. The Hall–Kier alpha value is -2.06. The zero-order valence-electron chi connectivity index (χ0n) is 14.4. The third kappa shape index (κ3) is 4.11. The van der Waals surface area contributed by atoms with E-state index in [1.807, 2.05) is 4.90 Å². The number of fused-ring (bicyclic) bond motifs is 1. The van der Waals surface area contributed by atoms with Crippen LogP contribution in [0.5, 0.6) is 5.88 Å². The zero-order chi connectivity index (χ0) is 19.0. The number of anilines is 1. The van der Waals surface area contributed by atoms with E-state index in [1.54, 1.807) is 18.3 Å². The van der Waals surface area contributed by atoms with Gasteiger partial charge in [-0.25, -0.2) is 9.97 Å². The van der Waals surface area contributed by atoms with E-state index in [-0.39, 0.29) is 12.1 Å². The standard InChI is InChI=1S/C18H18ClF3N4O/c19-13-2-4-17(24-9-13)27-15-7-14-10-26(6-5-25(14)11-15)16-3-1-12(8-23-16)18(20,21)22/h1-4,8-9,14-15H,5-7,10-11H2/t14-,15+/m0/s1. The molecule has 0 saturated carbocycles. The first-order chi connectivity index (χ1) is 12.9. The summed E-state index contributed by atoms with van der Waals surface area (Å²) in [5.41, 5.74) is -0.727. The Morgan fingerprint density at radius 1 is 1.04 bits per heavy atom. The van der Waals surface area contributed by atoms with Crippen LogP contribution in [0.4, 0.5) is 19.0 Å². The number of rotatable bonds is 3. The van der Waals surface area contributed by atoms with Gasteiger partial charge in [0.05, 0.1) is 10.6 Å². The predicted molar refractivity (Wildman–Crippen MR) is 95.1 cm³/mol. The number of aromatic nitrogens is 2. The molecule has 2 fully saturated rings. The molecular formula is C18H18ClF3N4O. The van der Waals surface area contributed by atoms with Gasteiger partial charge in [-0.1, -0.05) is 11.6 Å². The van der Waals surface area contributed by atoms with Crippen LogP contribution < -0.4 is 9.64 Å². The second-order valence-electron chi connectivity index (χ2n) is 6.79. The van der Waals surface area contributed by atoms with E-state index in [4.69, 9.17) is 16.3 Å². The van der Waals surface area contributed by atoms with Crippen LogP contribution >= 0.6 is 11.6 Å². The summed E-state index contributed by atoms with van der Waals surface area (Å²) in [6.45, 7) is 3.07. The van der Waals surface area contributed by atoms with E-state index in [1.165, 1.54) is 6.07 Å². The first kappa shape index (κ1) is 18.3. The van der Waals surface area contributed by atoms with Crippen molar-refractivity contribution in [1.29, 1.82) is 0 Å². The van der Waals surface area contributed by atoms with E-state index in [2.05, 4.69) is 14.9 Å². The molecule has 4 rings (SSSR count). The van der Waals surface area contributed by atoms with E-state index < -0.39 is 11.7 Å². The van der Waals surface area contributed by atoms with Crippen molar-refractivity contribution in [2.24, 2.45) is 0 Å². The lowest BCUT2D eigenvalue weighted by molar-refractivity contribution is -0.137. The van der Waals surface area contributed by atoms with Crippen LogP contribution in [0.25, 0.3) is 0 Å². The summed E-state index contributed by atoms with van der Waals surface area (Å²) in [7, 11) is 0. The Morgan fingerprint density at radius 2 is 1.89 bits per heavy atom. The van der Waals surface area contributed by atoms with E-state index in [0.29, 0.717) is 23.3 Å². The summed E-state index contributed by atoms with van der Waals surface area (Å²) < 4.78 is 44.0. The average molecular weight is 399 g/mol. The van der Waals surface area contributed by atoms with Crippen LogP contribution in [0.15, 0.2) is 36.7 Å². The molecule has 0 bridgehead atoms. The van der Waals surface area contributed by atoms with Crippen molar-refractivity contribution in [3.8, 4) is 5.88 Å². The van der Waals surface area contributed by atoms with Crippen molar-refractivity contribution < 1.29 is 17.9 Å².